The zero-order valence-electron chi connectivity index (χ0n) is 14.2. The van der Waals surface area contributed by atoms with E-state index in [1.165, 1.54) is 0 Å². The zero-order valence-corrected chi connectivity index (χ0v) is 15.0. The number of piperidine rings is 1. The van der Waals surface area contributed by atoms with Crippen molar-refractivity contribution in [3.8, 4) is 0 Å². The fourth-order valence-corrected chi connectivity index (χ4v) is 4.11. The Kier molecular flexibility index (Phi) is 6.16. The molecular weight excluding hydrogens is 312 g/mol. The topological polar surface area (TPSA) is 59.5 Å². The summed E-state index contributed by atoms with van der Waals surface area (Å²) >= 11 is 0. The molecule has 1 fully saturated rings. The Bertz CT molecular complexity index is 543. The van der Waals surface area contributed by atoms with Gasteiger partial charge in [0.2, 0.25) is 0 Å². The molecule has 0 N–H and O–H groups in total. The summed E-state index contributed by atoms with van der Waals surface area (Å²) in [6, 6.07) is 3.77. The number of carbonyl (C=O) groups is 1. The third-order valence-electron chi connectivity index (χ3n) is 3.68. The van der Waals surface area contributed by atoms with Gasteiger partial charge in [0.15, 0.2) is 0 Å². The van der Waals surface area contributed by atoms with Gasteiger partial charge in [-0.05, 0) is 51.7 Å². The SMILES string of the molecule is CC(C)(C)OC(=O)N1CCCCC1CS(=O)Cc1cccnc1. The molecule has 2 heterocycles. The first-order valence-corrected chi connectivity index (χ1v) is 9.57. The summed E-state index contributed by atoms with van der Waals surface area (Å²) in [5.74, 6) is 0.973. The Morgan fingerprint density at radius 1 is 1.43 bits per heavy atom. The van der Waals surface area contributed by atoms with Crippen LogP contribution in [-0.4, -0.2) is 44.1 Å². The minimum absolute atomic E-state index is 0.00361. The van der Waals surface area contributed by atoms with Crippen LogP contribution < -0.4 is 0 Å². The summed E-state index contributed by atoms with van der Waals surface area (Å²) in [7, 11) is -1.02. The Morgan fingerprint density at radius 2 is 2.22 bits per heavy atom. The van der Waals surface area contributed by atoms with E-state index in [-0.39, 0.29) is 12.1 Å². The molecule has 1 aromatic rings. The van der Waals surface area contributed by atoms with Crippen molar-refractivity contribution in [2.45, 2.75) is 57.4 Å². The lowest BCUT2D eigenvalue weighted by Gasteiger charge is -2.36. The first-order valence-electron chi connectivity index (χ1n) is 8.08. The van der Waals surface area contributed by atoms with Gasteiger partial charge >= 0.3 is 6.09 Å². The molecule has 2 rings (SSSR count). The van der Waals surface area contributed by atoms with Crippen molar-refractivity contribution in [1.29, 1.82) is 0 Å². The number of hydrogen-bond acceptors (Lipinski definition) is 4. The molecule has 1 saturated heterocycles. The molecule has 23 heavy (non-hydrogen) atoms. The molecule has 0 aromatic carbocycles. The lowest BCUT2D eigenvalue weighted by Crippen LogP contribution is -2.48. The van der Waals surface area contributed by atoms with Crippen LogP contribution in [0.15, 0.2) is 24.5 Å². The smallest absolute Gasteiger partial charge is 0.410 e. The standard InChI is InChI=1S/C17H26N2O3S/c1-17(2,3)22-16(20)19-10-5-4-8-15(19)13-23(21)12-14-7-6-9-18-11-14/h6-7,9,11,15H,4-5,8,10,12-13H2,1-3H3. The predicted octanol–water partition coefficient (Wildman–Crippen LogP) is 3.12. The van der Waals surface area contributed by atoms with Gasteiger partial charge in [-0.25, -0.2) is 4.79 Å². The van der Waals surface area contributed by atoms with E-state index >= 15 is 0 Å². The van der Waals surface area contributed by atoms with Crippen molar-refractivity contribution in [3.05, 3.63) is 30.1 Å². The normalized spacial score (nSPS) is 20.1. The van der Waals surface area contributed by atoms with E-state index in [0.717, 1.165) is 24.8 Å². The number of likely N-dealkylation sites (tertiary alicyclic amines) is 1. The number of nitrogens with zero attached hydrogens (tertiary/aromatic N) is 2. The summed E-state index contributed by atoms with van der Waals surface area (Å²) in [6.45, 7) is 6.28. The molecule has 0 radical (unpaired) electrons. The Balaban J connectivity index is 1.95. The Hall–Kier alpha value is -1.43. The van der Waals surface area contributed by atoms with Crippen LogP contribution in [0.25, 0.3) is 0 Å². The summed E-state index contributed by atoms with van der Waals surface area (Å²) in [5, 5.41) is 0. The second-order valence-electron chi connectivity index (χ2n) is 6.94. The molecule has 1 aliphatic heterocycles. The zero-order chi connectivity index (χ0) is 16.9. The molecule has 2 unspecified atom stereocenters. The van der Waals surface area contributed by atoms with Gasteiger partial charge in [-0.2, -0.15) is 0 Å². The summed E-state index contributed by atoms with van der Waals surface area (Å²) in [6.07, 6.45) is 6.08. The van der Waals surface area contributed by atoms with Crippen molar-refractivity contribution in [2.24, 2.45) is 0 Å². The van der Waals surface area contributed by atoms with Crippen LogP contribution in [-0.2, 0) is 21.3 Å². The maximum absolute atomic E-state index is 12.4. The second-order valence-corrected chi connectivity index (χ2v) is 8.44. The van der Waals surface area contributed by atoms with Crippen molar-refractivity contribution in [3.63, 3.8) is 0 Å². The molecule has 0 aliphatic carbocycles. The summed E-state index contributed by atoms with van der Waals surface area (Å²) in [5.41, 5.74) is 0.457. The largest absolute Gasteiger partial charge is 0.444 e. The van der Waals surface area contributed by atoms with Gasteiger partial charge in [-0.15, -0.1) is 0 Å². The molecule has 0 spiro atoms. The second kappa shape index (κ2) is 7.90. The van der Waals surface area contributed by atoms with Crippen molar-refractivity contribution in [2.75, 3.05) is 12.3 Å². The number of rotatable bonds is 4. The highest BCUT2D eigenvalue weighted by atomic mass is 32.2. The van der Waals surface area contributed by atoms with Crippen molar-refractivity contribution >= 4 is 16.9 Å². The fraction of sp³-hybridized carbons (Fsp3) is 0.647. The van der Waals surface area contributed by atoms with Gasteiger partial charge in [-0.3, -0.25) is 9.19 Å². The van der Waals surface area contributed by atoms with Crippen molar-refractivity contribution in [1.82, 2.24) is 9.88 Å². The lowest BCUT2D eigenvalue weighted by atomic mass is 10.0. The maximum Gasteiger partial charge on any atom is 0.410 e. The number of hydrogen-bond donors (Lipinski definition) is 0. The monoisotopic (exact) mass is 338 g/mol. The minimum Gasteiger partial charge on any atom is -0.444 e. The van der Waals surface area contributed by atoms with E-state index in [1.54, 1.807) is 17.3 Å². The van der Waals surface area contributed by atoms with Gasteiger partial charge in [-0.1, -0.05) is 6.07 Å². The molecule has 6 heteroatoms. The first kappa shape index (κ1) is 17.9. The Labute approximate surface area is 140 Å². The van der Waals surface area contributed by atoms with Gasteiger partial charge < -0.3 is 9.64 Å². The maximum atomic E-state index is 12.4. The minimum atomic E-state index is -1.02. The van der Waals surface area contributed by atoms with E-state index in [1.807, 2.05) is 32.9 Å². The van der Waals surface area contributed by atoms with E-state index in [9.17, 15) is 9.00 Å². The molecule has 1 aliphatic rings. The first-order chi connectivity index (χ1) is 10.8. The Morgan fingerprint density at radius 3 is 2.87 bits per heavy atom. The van der Waals surface area contributed by atoms with Crippen LogP contribution in [0.4, 0.5) is 4.79 Å². The van der Waals surface area contributed by atoms with Crippen LogP contribution >= 0.6 is 0 Å². The molecule has 0 saturated carbocycles. The van der Waals surface area contributed by atoms with Crippen LogP contribution in [0.2, 0.25) is 0 Å². The number of carbonyl (C=O) groups excluding carboxylic acids is 1. The fourth-order valence-electron chi connectivity index (χ4n) is 2.68. The third-order valence-corrected chi connectivity index (χ3v) is 5.10. The van der Waals surface area contributed by atoms with Crippen LogP contribution in [0, 0.1) is 0 Å². The molecule has 2 atom stereocenters. The highest BCUT2D eigenvalue weighted by molar-refractivity contribution is 7.84. The van der Waals surface area contributed by atoms with E-state index in [2.05, 4.69) is 4.98 Å². The highest BCUT2D eigenvalue weighted by Crippen LogP contribution is 2.21. The molecule has 1 amide bonds. The van der Waals surface area contributed by atoms with E-state index in [0.29, 0.717) is 18.1 Å². The number of ether oxygens (including phenoxy) is 1. The molecule has 1 aromatic heterocycles. The molecular formula is C17H26N2O3S. The lowest BCUT2D eigenvalue weighted by molar-refractivity contribution is 0.0125. The van der Waals surface area contributed by atoms with Crippen LogP contribution in [0.1, 0.15) is 45.6 Å². The number of pyridine rings is 1. The molecule has 0 bridgehead atoms. The quantitative estimate of drug-likeness (QED) is 0.846. The average Bonchev–Trinajstić information content (AvgIpc) is 2.47. The molecule has 128 valence electrons. The van der Waals surface area contributed by atoms with Crippen LogP contribution in [0.3, 0.4) is 0 Å². The number of amides is 1. The van der Waals surface area contributed by atoms with Crippen molar-refractivity contribution < 1.29 is 13.7 Å². The van der Waals surface area contributed by atoms with Crippen LogP contribution in [0.5, 0.6) is 0 Å². The predicted molar refractivity (Wildman–Crippen MR) is 91.5 cm³/mol. The average molecular weight is 338 g/mol. The molecule has 5 nitrogen and oxygen atoms in total. The van der Waals surface area contributed by atoms with E-state index < -0.39 is 16.4 Å². The van der Waals surface area contributed by atoms with Gasteiger partial charge in [0.05, 0.1) is 5.75 Å². The highest BCUT2D eigenvalue weighted by Gasteiger charge is 2.31. The van der Waals surface area contributed by atoms with E-state index in [4.69, 9.17) is 4.74 Å². The summed E-state index contributed by atoms with van der Waals surface area (Å²) in [4.78, 5) is 18.2. The summed E-state index contributed by atoms with van der Waals surface area (Å²) < 4.78 is 17.9. The third kappa shape index (κ3) is 5.94. The van der Waals surface area contributed by atoms with Gasteiger partial charge in [0.25, 0.3) is 0 Å². The van der Waals surface area contributed by atoms with Gasteiger partial charge in [0.1, 0.15) is 5.60 Å². The number of aromatic nitrogens is 1. The van der Waals surface area contributed by atoms with Gasteiger partial charge in [0, 0.05) is 41.5 Å².